The van der Waals surface area contributed by atoms with Crippen molar-refractivity contribution in [1.82, 2.24) is 4.90 Å². The first kappa shape index (κ1) is 12.4. The van der Waals surface area contributed by atoms with Crippen LogP contribution in [0.15, 0.2) is 0 Å². The van der Waals surface area contributed by atoms with Gasteiger partial charge in [0.05, 0.1) is 0 Å². The van der Waals surface area contributed by atoms with Crippen LogP contribution < -0.4 is 0 Å². The first-order valence-electron chi connectivity index (χ1n) is 4.81. The van der Waals surface area contributed by atoms with Gasteiger partial charge in [-0.1, -0.05) is 22.9 Å². The smallest absolute Gasteiger partial charge is 0.0147 e. The third kappa shape index (κ3) is 4.46. The molecule has 0 radical (unpaired) electrons. The van der Waals surface area contributed by atoms with Crippen LogP contribution in [-0.2, 0) is 0 Å². The molecule has 1 nitrogen and oxygen atoms in total. The Labute approximate surface area is 85.7 Å². The van der Waals surface area contributed by atoms with Crippen LogP contribution in [0.4, 0.5) is 0 Å². The Balaban J connectivity index is 3.63. The lowest BCUT2D eigenvalue weighted by Gasteiger charge is -2.34. The van der Waals surface area contributed by atoms with Gasteiger partial charge in [-0.05, 0) is 46.7 Å². The summed E-state index contributed by atoms with van der Waals surface area (Å²) in [6.07, 6.45) is 3.80. The first-order chi connectivity index (χ1) is 5.54. The second-order valence-electron chi connectivity index (χ2n) is 3.98. The molecule has 0 aromatic carbocycles. The van der Waals surface area contributed by atoms with Crippen molar-refractivity contribution >= 4 is 15.9 Å². The summed E-state index contributed by atoms with van der Waals surface area (Å²) < 4.78 is 0. The summed E-state index contributed by atoms with van der Waals surface area (Å²) in [5, 5.41) is 1.13. The van der Waals surface area contributed by atoms with E-state index in [1.165, 1.54) is 25.8 Å². The molecule has 0 aliphatic heterocycles. The standard InChI is InChI=1S/C10H22BrN/c1-5-10(2,3)12(4)9-7-6-8-11/h5-9H2,1-4H3. The number of nitrogens with zero attached hydrogens (tertiary/aromatic N) is 1. The van der Waals surface area contributed by atoms with Crippen molar-refractivity contribution in [2.75, 3.05) is 18.9 Å². The van der Waals surface area contributed by atoms with Gasteiger partial charge in [0.2, 0.25) is 0 Å². The Morgan fingerprint density at radius 1 is 1.25 bits per heavy atom. The minimum absolute atomic E-state index is 0.367. The monoisotopic (exact) mass is 235 g/mol. The van der Waals surface area contributed by atoms with Gasteiger partial charge in [0.1, 0.15) is 0 Å². The number of alkyl halides is 1. The van der Waals surface area contributed by atoms with Crippen molar-refractivity contribution in [2.45, 2.75) is 45.6 Å². The van der Waals surface area contributed by atoms with E-state index in [0.29, 0.717) is 5.54 Å². The van der Waals surface area contributed by atoms with E-state index in [0.717, 1.165) is 5.33 Å². The predicted octanol–water partition coefficient (Wildman–Crippen LogP) is 3.28. The maximum Gasteiger partial charge on any atom is 0.0147 e. The zero-order chi connectivity index (χ0) is 9.61. The van der Waals surface area contributed by atoms with E-state index in [9.17, 15) is 0 Å². The zero-order valence-corrected chi connectivity index (χ0v) is 10.4. The first-order valence-corrected chi connectivity index (χ1v) is 5.94. The van der Waals surface area contributed by atoms with Crippen LogP contribution in [0.3, 0.4) is 0 Å². The average Bonchev–Trinajstić information content (AvgIpc) is 2.05. The van der Waals surface area contributed by atoms with Crippen LogP contribution in [0.1, 0.15) is 40.0 Å². The molecule has 74 valence electrons. The molecule has 2 heteroatoms. The lowest BCUT2D eigenvalue weighted by atomic mass is 10.00. The number of hydrogen-bond donors (Lipinski definition) is 0. The molecule has 0 heterocycles. The van der Waals surface area contributed by atoms with Crippen LogP contribution >= 0.6 is 15.9 Å². The highest BCUT2D eigenvalue weighted by Gasteiger charge is 2.19. The molecule has 0 bridgehead atoms. The van der Waals surface area contributed by atoms with E-state index >= 15 is 0 Å². The van der Waals surface area contributed by atoms with Gasteiger partial charge in [0, 0.05) is 10.9 Å². The van der Waals surface area contributed by atoms with E-state index in [4.69, 9.17) is 0 Å². The Hall–Kier alpha value is 0.440. The largest absolute Gasteiger partial charge is 0.301 e. The summed E-state index contributed by atoms with van der Waals surface area (Å²) in [6.45, 7) is 8.08. The molecule has 0 saturated heterocycles. The summed E-state index contributed by atoms with van der Waals surface area (Å²) in [5.41, 5.74) is 0.367. The average molecular weight is 236 g/mol. The SMILES string of the molecule is CCC(C)(C)N(C)CCCCBr. The molecule has 0 aliphatic carbocycles. The summed E-state index contributed by atoms with van der Waals surface area (Å²) in [6, 6.07) is 0. The molecule has 0 amide bonds. The lowest BCUT2D eigenvalue weighted by molar-refractivity contribution is 0.149. The van der Waals surface area contributed by atoms with Crippen molar-refractivity contribution in [3.05, 3.63) is 0 Å². The third-order valence-corrected chi connectivity index (χ3v) is 3.34. The van der Waals surface area contributed by atoms with Crippen LogP contribution in [0, 0.1) is 0 Å². The normalized spacial score (nSPS) is 12.5. The van der Waals surface area contributed by atoms with Gasteiger partial charge in [-0.15, -0.1) is 0 Å². The van der Waals surface area contributed by atoms with Crippen LogP contribution in [0.2, 0.25) is 0 Å². The summed E-state index contributed by atoms with van der Waals surface area (Å²) in [5.74, 6) is 0. The van der Waals surface area contributed by atoms with Crippen LogP contribution in [0.25, 0.3) is 0 Å². The molecule has 0 rings (SSSR count). The fourth-order valence-corrected chi connectivity index (χ4v) is 1.41. The Morgan fingerprint density at radius 3 is 2.25 bits per heavy atom. The van der Waals surface area contributed by atoms with Gasteiger partial charge in [-0.2, -0.15) is 0 Å². The topological polar surface area (TPSA) is 3.24 Å². The minimum atomic E-state index is 0.367. The van der Waals surface area contributed by atoms with Crippen molar-refractivity contribution in [2.24, 2.45) is 0 Å². The number of rotatable bonds is 6. The molecule has 0 spiro atoms. The lowest BCUT2D eigenvalue weighted by Crippen LogP contribution is -2.40. The van der Waals surface area contributed by atoms with Gasteiger partial charge in [0.15, 0.2) is 0 Å². The molecule has 0 atom stereocenters. The molecule has 0 unspecified atom stereocenters. The molecule has 12 heavy (non-hydrogen) atoms. The van der Waals surface area contributed by atoms with Crippen molar-refractivity contribution < 1.29 is 0 Å². The van der Waals surface area contributed by atoms with Gasteiger partial charge >= 0.3 is 0 Å². The molecule has 0 aromatic heterocycles. The highest BCUT2D eigenvalue weighted by molar-refractivity contribution is 9.09. The second kappa shape index (κ2) is 5.98. The van der Waals surface area contributed by atoms with Crippen LogP contribution in [-0.4, -0.2) is 29.4 Å². The molecular formula is C10H22BrN. The molecule has 0 saturated carbocycles. The van der Waals surface area contributed by atoms with E-state index in [2.05, 4.69) is 48.6 Å². The summed E-state index contributed by atoms with van der Waals surface area (Å²) in [7, 11) is 2.22. The van der Waals surface area contributed by atoms with Gasteiger partial charge in [-0.25, -0.2) is 0 Å². The maximum atomic E-state index is 3.45. The van der Waals surface area contributed by atoms with Crippen molar-refractivity contribution in [3.63, 3.8) is 0 Å². The second-order valence-corrected chi connectivity index (χ2v) is 4.78. The number of unbranched alkanes of at least 4 members (excludes halogenated alkanes) is 1. The summed E-state index contributed by atoms with van der Waals surface area (Å²) >= 11 is 3.45. The molecule has 0 fully saturated rings. The number of hydrogen-bond acceptors (Lipinski definition) is 1. The number of halogens is 1. The zero-order valence-electron chi connectivity index (χ0n) is 8.86. The third-order valence-electron chi connectivity index (χ3n) is 2.78. The van der Waals surface area contributed by atoms with Gasteiger partial charge in [0.25, 0.3) is 0 Å². The van der Waals surface area contributed by atoms with Crippen LogP contribution in [0.5, 0.6) is 0 Å². The Morgan fingerprint density at radius 2 is 1.83 bits per heavy atom. The fourth-order valence-electron chi connectivity index (χ4n) is 1.02. The molecule has 0 aliphatic rings. The molecule has 0 aromatic rings. The predicted molar refractivity (Wildman–Crippen MR) is 60.0 cm³/mol. The minimum Gasteiger partial charge on any atom is -0.301 e. The summed E-state index contributed by atoms with van der Waals surface area (Å²) in [4.78, 5) is 2.45. The van der Waals surface area contributed by atoms with Crippen molar-refractivity contribution in [1.29, 1.82) is 0 Å². The molecule has 0 N–H and O–H groups in total. The van der Waals surface area contributed by atoms with E-state index in [1.54, 1.807) is 0 Å². The quantitative estimate of drug-likeness (QED) is 0.505. The van der Waals surface area contributed by atoms with E-state index < -0.39 is 0 Å². The van der Waals surface area contributed by atoms with E-state index in [-0.39, 0.29) is 0 Å². The molecular weight excluding hydrogens is 214 g/mol. The highest BCUT2D eigenvalue weighted by Crippen LogP contribution is 2.16. The maximum absolute atomic E-state index is 3.45. The van der Waals surface area contributed by atoms with Crippen molar-refractivity contribution in [3.8, 4) is 0 Å². The van der Waals surface area contributed by atoms with Gasteiger partial charge in [-0.3, -0.25) is 0 Å². The Kier molecular flexibility index (Phi) is 6.20. The van der Waals surface area contributed by atoms with E-state index in [1.807, 2.05) is 0 Å². The highest BCUT2D eigenvalue weighted by atomic mass is 79.9. The fraction of sp³-hybridized carbons (Fsp3) is 1.00. The van der Waals surface area contributed by atoms with Gasteiger partial charge < -0.3 is 4.90 Å². The Bertz CT molecular complexity index is 112.